The first-order valence-electron chi connectivity index (χ1n) is 6.86. The lowest BCUT2D eigenvalue weighted by molar-refractivity contribution is 0.375. The lowest BCUT2D eigenvalue weighted by Crippen LogP contribution is -2.31. The summed E-state index contributed by atoms with van der Waals surface area (Å²) in [6.07, 6.45) is 8.36. The molecule has 1 aromatic rings. The van der Waals surface area contributed by atoms with Gasteiger partial charge in [0, 0.05) is 10.9 Å². The Morgan fingerprint density at radius 3 is 2.59 bits per heavy atom. The van der Waals surface area contributed by atoms with Crippen LogP contribution in [0.15, 0.2) is 35.2 Å². The summed E-state index contributed by atoms with van der Waals surface area (Å²) in [7, 11) is 0. The van der Waals surface area contributed by atoms with E-state index in [9.17, 15) is 0 Å². The van der Waals surface area contributed by atoms with Crippen molar-refractivity contribution in [2.45, 2.75) is 49.5 Å². The van der Waals surface area contributed by atoms with Crippen molar-refractivity contribution in [3.63, 3.8) is 0 Å². The molecule has 1 aromatic carbocycles. The van der Waals surface area contributed by atoms with Gasteiger partial charge in [-0.15, -0.1) is 11.8 Å². The largest absolute Gasteiger partial charge is 0.314 e. The van der Waals surface area contributed by atoms with Crippen molar-refractivity contribution in [3.8, 4) is 0 Å². The maximum Gasteiger partial charge on any atom is 0.00719 e. The fourth-order valence-electron chi connectivity index (χ4n) is 2.39. The molecule has 0 aliphatic heterocycles. The number of nitrogens with one attached hydrogen (secondary N) is 1. The first-order chi connectivity index (χ1) is 8.45. The van der Waals surface area contributed by atoms with Crippen LogP contribution in [-0.2, 0) is 0 Å². The van der Waals surface area contributed by atoms with Crippen LogP contribution < -0.4 is 5.32 Å². The molecule has 0 atom stereocenters. The highest BCUT2D eigenvalue weighted by molar-refractivity contribution is 7.99. The number of rotatable bonds is 6. The molecule has 94 valence electrons. The van der Waals surface area contributed by atoms with E-state index in [1.165, 1.54) is 55.7 Å². The molecule has 2 rings (SSSR count). The van der Waals surface area contributed by atoms with Crippen molar-refractivity contribution in [3.05, 3.63) is 30.3 Å². The molecule has 0 saturated heterocycles. The number of benzene rings is 1. The van der Waals surface area contributed by atoms with Gasteiger partial charge in [-0.1, -0.05) is 37.5 Å². The van der Waals surface area contributed by atoms with Crippen LogP contribution in [0.1, 0.15) is 38.5 Å². The van der Waals surface area contributed by atoms with Crippen molar-refractivity contribution >= 4 is 11.8 Å². The molecule has 0 unspecified atom stereocenters. The molecule has 1 aliphatic rings. The summed E-state index contributed by atoms with van der Waals surface area (Å²) in [5.41, 5.74) is 0. The lowest BCUT2D eigenvalue weighted by Gasteiger charge is -2.22. The normalized spacial score (nSPS) is 17.2. The van der Waals surface area contributed by atoms with Gasteiger partial charge in [-0.2, -0.15) is 0 Å². The lowest BCUT2D eigenvalue weighted by atomic mass is 9.95. The van der Waals surface area contributed by atoms with Crippen molar-refractivity contribution in [1.82, 2.24) is 5.32 Å². The number of hydrogen-bond acceptors (Lipinski definition) is 2. The molecular weight excluding hydrogens is 226 g/mol. The van der Waals surface area contributed by atoms with Gasteiger partial charge in [0.1, 0.15) is 0 Å². The van der Waals surface area contributed by atoms with E-state index in [-0.39, 0.29) is 0 Å². The van der Waals surface area contributed by atoms with Gasteiger partial charge in [0.2, 0.25) is 0 Å². The van der Waals surface area contributed by atoms with E-state index < -0.39 is 0 Å². The van der Waals surface area contributed by atoms with Crippen LogP contribution >= 0.6 is 11.8 Å². The molecule has 1 aliphatic carbocycles. The third-order valence-electron chi connectivity index (χ3n) is 3.37. The summed E-state index contributed by atoms with van der Waals surface area (Å²) < 4.78 is 0. The van der Waals surface area contributed by atoms with Gasteiger partial charge in [0.25, 0.3) is 0 Å². The van der Waals surface area contributed by atoms with Crippen molar-refractivity contribution < 1.29 is 0 Å². The van der Waals surface area contributed by atoms with Gasteiger partial charge in [-0.05, 0) is 43.7 Å². The van der Waals surface area contributed by atoms with Gasteiger partial charge >= 0.3 is 0 Å². The Hall–Kier alpha value is -0.470. The summed E-state index contributed by atoms with van der Waals surface area (Å²) in [5.74, 6) is 1.23. The minimum atomic E-state index is 0.811. The third kappa shape index (κ3) is 5.13. The molecule has 0 aromatic heterocycles. The van der Waals surface area contributed by atoms with E-state index >= 15 is 0 Å². The van der Waals surface area contributed by atoms with Crippen LogP contribution in [0, 0.1) is 0 Å². The molecule has 2 heteroatoms. The fraction of sp³-hybridized carbons (Fsp3) is 0.600. The van der Waals surface area contributed by atoms with Crippen LogP contribution in [0.4, 0.5) is 0 Å². The average Bonchev–Trinajstić information content (AvgIpc) is 2.41. The highest BCUT2D eigenvalue weighted by Crippen LogP contribution is 2.19. The van der Waals surface area contributed by atoms with Crippen molar-refractivity contribution in [2.24, 2.45) is 0 Å². The standard InChI is InChI=1S/C15H23NS/c1-3-8-14(9-4-1)16-12-7-13-17-15-10-5-2-6-11-15/h2,5-6,10-11,14,16H,1,3-4,7-9,12-13H2. The Labute approximate surface area is 109 Å². The van der Waals surface area contributed by atoms with Gasteiger partial charge in [0.05, 0.1) is 0 Å². The predicted molar refractivity (Wildman–Crippen MR) is 76.7 cm³/mol. The zero-order chi connectivity index (χ0) is 11.8. The molecule has 1 N–H and O–H groups in total. The first kappa shape index (κ1) is 13.0. The van der Waals surface area contributed by atoms with Crippen LogP contribution in [0.25, 0.3) is 0 Å². The molecule has 0 spiro atoms. The van der Waals surface area contributed by atoms with Crippen LogP contribution in [0.3, 0.4) is 0 Å². The molecule has 17 heavy (non-hydrogen) atoms. The van der Waals surface area contributed by atoms with Crippen LogP contribution in [-0.4, -0.2) is 18.3 Å². The second kappa shape index (κ2) is 7.78. The molecule has 1 nitrogen and oxygen atoms in total. The molecule has 0 bridgehead atoms. The minimum absolute atomic E-state index is 0.811. The van der Waals surface area contributed by atoms with Crippen molar-refractivity contribution in [2.75, 3.05) is 12.3 Å². The number of thioether (sulfide) groups is 1. The van der Waals surface area contributed by atoms with E-state index in [1.54, 1.807) is 0 Å². The maximum atomic E-state index is 3.69. The fourth-order valence-corrected chi connectivity index (χ4v) is 3.27. The van der Waals surface area contributed by atoms with Gasteiger partial charge < -0.3 is 5.32 Å². The Kier molecular flexibility index (Phi) is 5.94. The predicted octanol–water partition coefficient (Wildman–Crippen LogP) is 4.09. The molecule has 1 fully saturated rings. The monoisotopic (exact) mass is 249 g/mol. The van der Waals surface area contributed by atoms with E-state index in [4.69, 9.17) is 0 Å². The van der Waals surface area contributed by atoms with Gasteiger partial charge in [-0.3, -0.25) is 0 Å². The quantitative estimate of drug-likeness (QED) is 0.602. The Morgan fingerprint density at radius 2 is 1.82 bits per heavy atom. The first-order valence-corrected chi connectivity index (χ1v) is 7.85. The third-order valence-corrected chi connectivity index (χ3v) is 4.47. The molecular formula is C15H23NS. The summed E-state index contributed by atoms with van der Waals surface area (Å²) >= 11 is 1.97. The SMILES string of the molecule is c1ccc(SCCCNC2CCCCC2)cc1. The molecule has 1 saturated carbocycles. The summed E-state index contributed by atoms with van der Waals surface area (Å²) in [6.45, 7) is 1.19. The summed E-state index contributed by atoms with van der Waals surface area (Å²) in [5, 5.41) is 3.69. The number of hydrogen-bond donors (Lipinski definition) is 1. The van der Waals surface area contributed by atoms with E-state index in [1.807, 2.05) is 11.8 Å². The van der Waals surface area contributed by atoms with Crippen LogP contribution in [0.5, 0.6) is 0 Å². The van der Waals surface area contributed by atoms with Gasteiger partial charge in [0.15, 0.2) is 0 Å². The molecule has 0 heterocycles. The summed E-state index contributed by atoms with van der Waals surface area (Å²) in [6, 6.07) is 11.5. The Bertz CT molecular complexity index is 293. The van der Waals surface area contributed by atoms with E-state index in [0.29, 0.717) is 0 Å². The van der Waals surface area contributed by atoms with E-state index in [0.717, 1.165) is 6.04 Å². The van der Waals surface area contributed by atoms with E-state index in [2.05, 4.69) is 35.6 Å². The smallest absolute Gasteiger partial charge is 0.00719 e. The highest BCUT2D eigenvalue weighted by atomic mass is 32.2. The second-order valence-corrected chi connectivity index (χ2v) is 5.97. The Morgan fingerprint density at radius 1 is 1.06 bits per heavy atom. The maximum absolute atomic E-state index is 3.69. The topological polar surface area (TPSA) is 12.0 Å². The molecule has 0 amide bonds. The second-order valence-electron chi connectivity index (χ2n) is 4.80. The van der Waals surface area contributed by atoms with Crippen molar-refractivity contribution in [1.29, 1.82) is 0 Å². The molecule has 0 radical (unpaired) electrons. The zero-order valence-corrected chi connectivity index (χ0v) is 11.3. The van der Waals surface area contributed by atoms with Gasteiger partial charge in [-0.25, -0.2) is 0 Å². The zero-order valence-electron chi connectivity index (χ0n) is 10.5. The van der Waals surface area contributed by atoms with Crippen LogP contribution in [0.2, 0.25) is 0 Å². The summed E-state index contributed by atoms with van der Waals surface area (Å²) in [4.78, 5) is 1.39. The minimum Gasteiger partial charge on any atom is -0.314 e. The Balaban J connectivity index is 1.51. The highest BCUT2D eigenvalue weighted by Gasteiger charge is 2.11. The average molecular weight is 249 g/mol.